The van der Waals surface area contributed by atoms with Gasteiger partial charge < -0.3 is 35.6 Å². The van der Waals surface area contributed by atoms with Crippen molar-refractivity contribution in [3.8, 4) is 0 Å². The predicted octanol–water partition coefficient (Wildman–Crippen LogP) is -3.35. The zero-order chi connectivity index (χ0) is 19.4. The number of carbonyl (C=O) groups excluding carboxylic acids is 4. The van der Waals surface area contributed by atoms with Gasteiger partial charge >= 0.3 is 11.9 Å². The second-order valence-electron chi connectivity index (χ2n) is 4.97. The molecule has 11 heteroatoms. The van der Waals surface area contributed by atoms with E-state index in [-0.39, 0.29) is 12.8 Å². The lowest BCUT2D eigenvalue weighted by Gasteiger charge is -2.20. The molecule has 0 bridgehead atoms. The lowest BCUT2D eigenvalue weighted by Crippen LogP contribution is -2.51. The van der Waals surface area contributed by atoms with E-state index in [4.69, 9.17) is 10.2 Å². The Bertz CT molecular complexity index is 471. The molecule has 2 amide bonds. The van der Waals surface area contributed by atoms with Crippen molar-refractivity contribution in [1.29, 1.82) is 0 Å². The highest BCUT2D eigenvalue weighted by molar-refractivity contribution is 5.88. The van der Waals surface area contributed by atoms with Crippen molar-refractivity contribution in [2.24, 2.45) is 0 Å². The average molecular weight is 363 g/mol. The first kappa shape index (κ1) is 22.8. The number of hydrogen-bond acceptors (Lipinski definition) is 9. The van der Waals surface area contributed by atoms with E-state index in [9.17, 15) is 19.2 Å². The normalized spacial score (nSPS) is 14.0. The maximum Gasteiger partial charge on any atom is 0.330 e. The molecule has 25 heavy (non-hydrogen) atoms. The Morgan fingerprint density at radius 2 is 1.36 bits per heavy atom. The summed E-state index contributed by atoms with van der Waals surface area (Å²) >= 11 is 0. The van der Waals surface area contributed by atoms with Crippen LogP contribution in [0.15, 0.2) is 0 Å². The van der Waals surface area contributed by atoms with Crippen LogP contribution in [0.25, 0.3) is 0 Å². The van der Waals surface area contributed by atoms with Gasteiger partial charge in [-0.2, -0.15) is 0 Å². The highest BCUT2D eigenvalue weighted by Crippen LogP contribution is 2.00. The van der Waals surface area contributed by atoms with Gasteiger partial charge in [0.2, 0.25) is 11.8 Å². The van der Waals surface area contributed by atoms with Gasteiger partial charge in [0.1, 0.15) is 0 Å². The number of ether oxygens (including phenoxy) is 2. The van der Waals surface area contributed by atoms with E-state index < -0.39 is 55.1 Å². The van der Waals surface area contributed by atoms with Crippen LogP contribution >= 0.6 is 0 Å². The molecule has 0 aliphatic rings. The second-order valence-corrected chi connectivity index (χ2v) is 4.97. The van der Waals surface area contributed by atoms with E-state index in [2.05, 4.69) is 25.4 Å². The van der Waals surface area contributed by atoms with Crippen molar-refractivity contribution in [1.82, 2.24) is 16.0 Å². The third-order valence-electron chi connectivity index (χ3n) is 3.31. The third kappa shape index (κ3) is 7.92. The fourth-order valence-electron chi connectivity index (χ4n) is 1.86. The molecule has 0 saturated heterocycles. The van der Waals surface area contributed by atoms with Crippen LogP contribution < -0.4 is 16.0 Å². The van der Waals surface area contributed by atoms with Crippen molar-refractivity contribution in [2.75, 3.05) is 34.5 Å². The molecule has 0 spiro atoms. The van der Waals surface area contributed by atoms with Gasteiger partial charge in [0.15, 0.2) is 12.1 Å². The summed E-state index contributed by atoms with van der Waals surface area (Å²) in [5.74, 6) is -2.76. The molecule has 0 rings (SSSR count). The molecule has 11 nitrogen and oxygen atoms in total. The van der Waals surface area contributed by atoms with E-state index in [0.717, 1.165) is 14.2 Å². The number of aliphatic hydroxyl groups is 2. The highest BCUT2D eigenvalue weighted by Gasteiger charge is 2.26. The summed E-state index contributed by atoms with van der Waals surface area (Å²) in [5.41, 5.74) is 0. The minimum atomic E-state index is -1.21. The number of methoxy groups -OCH3 is 2. The van der Waals surface area contributed by atoms with E-state index in [1.165, 1.54) is 7.05 Å². The molecular formula is C14H25N3O8. The Hall–Kier alpha value is -2.24. The molecule has 0 aliphatic heterocycles. The molecule has 5 N–H and O–H groups in total. The Labute approximate surface area is 145 Å². The van der Waals surface area contributed by atoms with Crippen molar-refractivity contribution in [2.45, 2.75) is 31.0 Å². The number of esters is 2. The Balaban J connectivity index is 4.57. The van der Waals surface area contributed by atoms with Crippen LogP contribution in [0.1, 0.15) is 12.8 Å². The van der Waals surface area contributed by atoms with E-state index in [0.29, 0.717) is 0 Å². The van der Waals surface area contributed by atoms with Crippen LogP contribution in [0, 0.1) is 0 Å². The molecule has 0 saturated carbocycles. The lowest BCUT2D eigenvalue weighted by atomic mass is 10.1. The summed E-state index contributed by atoms with van der Waals surface area (Å²) in [7, 11) is 3.73. The maximum atomic E-state index is 12.1. The van der Waals surface area contributed by atoms with Crippen LogP contribution in [0.5, 0.6) is 0 Å². The van der Waals surface area contributed by atoms with Gasteiger partial charge in [-0.1, -0.05) is 0 Å². The van der Waals surface area contributed by atoms with Gasteiger partial charge in [-0.05, 0) is 13.5 Å². The molecule has 0 fully saturated rings. The molecule has 144 valence electrons. The monoisotopic (exact) mass is 363 g/mol. The van der Waals surface area contributed by atoms with Gasteiger partial charge in [0, 0.05) is 6.42 Å². The number of carbonyl (C=O) groups is 4. The Kier molecular flexibility index (Phi) is 11.1. The van der Waals surface area contributed by atoms with Gasteiger partial charge in [-0.3, -0.25) is 9.59 Å². The first-order valence-electron chi connectivity index (χ1n) is 7.48. The van der Waals surface area contributed by atoms with E-state index in [1.807, 2.05) is 0 Å². The van der Waals surface area contributed by atoms with Crippen LogP contribution in [-0.4, -0.2) is 86.6 Å². The van der Waals surface area contributed by atoms with Crippen molar-refractivity contribution >= 4 is 23.8 Å². The van der Waals surface area contributed by atoms with Crippen molar-refractivity contribution in [3.63, 3.8) is 0 Å². The summed E-state index contributed by atoms with van der Waals surface area (Å²) in [6.07, 6.45) is -0.0821. The Morgan fingerprint density at radius 1 is 0.880 bits per heavy atom. The molecule has 3 atom stereocenters. The smallest absolute Gasteiger partial charge is 0.330 e. The molecule has 0 radical (unpaired) electrons. The summed E-state index contributed by atoms with van der Waals surface area (Å²) < 4.78 is 8.86. The number of aliphatic hydroxyl groups excluding tert-OH is 2. The molecule has 0 aromatic heterocycles. The van der Waals surface area contributed by atoms with E-state index in [1.54, 1.807) is 0 Å². The topological polar surface area (TPSA) is 163 Å². The van der Waals surface area contributed by atoms with E-state index >= 15 is 0 Å². The molecular weight excluding hydrogens is 338 g/mol. The SMILES string of the molecule is CN[C@@H](CCC(=O)NC(CO)C(=O)OC)C(=O)NC(CO)C(=O)OC. The summed E-state index contributed by atoms with van der Waals surface area (Å²) in [5, 5.41) is 25.4. The molecule has 0 aliphatic carbocycles. The van der Waals surface area contributed by atoms with Crippen molar-refractivity contribution in [3.05, 3.63) is 0 Å². The standard InChI is InChI=1S/C14H25N3O8/c1-15-8(12(21)17-10(7-19)14(23)25-3)4-5-11(20)16-9(6-18)13(22)24-2/h8-10,15,18-19H,4-7H2,1-3H3,(H,16,20)(H,17,21)/t8-,9?,10?/m0/s1. The minimum Gasteiger partial charge on any atom is -0.467 e. The molecule has 0 heterocycles. The largest absolute Gasteiger partial charge is 0.467 e. The lowest BCUT2D eigenvalue weighted by molar-refractivity contribution is -0.146. The Morgan fingerprint density at radius 3 is 1.76 bits per heavy atom. The number of amides is 2. The maximum absolute atomic E-state index is 12.1. The van der Waals surface area contributed by atoms with Gasteiger partial charge in [-0.15, -0.1) is 0 Å². The summed E-state index contributed by atoms with van der Waals surface area (Å²) in [6, 6.07) is -3.21. The fourth-order valence-corrected chi connectivity index (χ4v) is 1.86. The second kappa shape index (κ2) is 12.2. The van der Waals surface area contributed by atoms with Crippen LogP contribution in [0.2, 0.25) is 0 Å². The quantitative estimate of drug-likeness (QED) is 0.236. The predicted molar refractivity (Wildman–Crippen MR) is 84.1 cm³/mol. The number of hydrogen-bond donors (Lipinski definition) is 5. The number of likely N-dealkylation sites (N-methyl/N-ethyl adjacent to an activating group) is 1. The summed E-state index contributed by atoms with van der Waals surface area (Å²) in [6.45, 7) is -1.25. The molecule has 2 unspecified atom stereocenters. The van der Waals surface area contributed by atoms with Gasteiger partial charge in [-0.25, -0.2) is 9.59 Å². The van der Waals surface area contributed by atoms with Crippen LogP contribution in [-0.2, 0) is 28.7 Å². The van der Waals surface area contributed by atoms with Gasteiger partial charge in [0.25, 0.3) is 0 Å². The average Bonchev–Trinajstić information content (AvgIpc) is 2.63. The highest BCUT2D eigenvalue weighted by atomic mass is 16.5. The number of nitrogens with one attached hydrogen (secondary N) is 3. The third-order valence-corrected chi connectivity index (χ3v) is 3.31. The first-order valence-corrected chi connectivity index (χ1v) is 7.48. The zero-order valence-corrected chi connectivity index (χ0v) is 14.4. The van der Waals surface area contributed by atoms with Crippen molar-refractivity contribution < 1.29 is 38.9 Å². The van der Waals surface area contributed by atoms with Gasteiger partial charge in [0.05, 0.1) is 33.5 Å². The van der Waals surface area contributed by atoms with Crippen LogP contribution in [0.4, 0.5) is 0 Å². The number of rotatable bonds is 11. The van der Waals surface area contributed by atoms with Crippen LogP contribution in [0.3, 0.4) is 0 Å². The summed E-state index contributed by atoms with van der Waals surface area (Å²) in [4.78, 5) is 46.5. The molecule has 0 aromatic rings. The fraction of sp³-hybridized carbons (Fsp3) is 0.714. The zero-order valence-electron chi connectivity index (χ0n) is 14.4. The first-order chi connectivity index (χ1) is 11.8. The minimum absolute atomic E-state index is 0.0484. The molecule has 0 aromatic carbocycles.